The summed E-state index contributed by atoms with van der Waals surface area (Å²) in [5, 5.41) is 11.5. The Morgan fingerprint density at radius 3 is 2.21 bits per heavy atom. The second-order valence-corrected chi connectivity index (χ2v) is 8.95. The number of carbonyl (C=O) groups excluding carboxylic acids is 3. The maximum atomic E-state index is 13.6. The predicted octanol–water partition coefficient (Wildman–Crippen LogP) is 5.27. The maximum absolute atomic E-state index is 13.6. The zero-order valence-corrected chi connectivity index (χ0v) is 19.8. The van der Waals surface area contributed by atoms with Gasteiger partial charge in [0.05, 0.1) is 17.7 Å². The number of anilines is 1. The van der Waals surface area contributed by atoms with Crippen LogP contribution in [0.3, 0.4) is 0 Å². The molecule has 34 heavy (non-hydrogen) atoms. The molecule has 0 aliphatic carbocycles. The van der Waals surface area contributed by atoms with Crippen molar-refractivity contribution in [3.05, 3.63) is 100 Å². The Bertz CT molecular complexity index is 1220. The van der Waals surface area contributed by atoms with Crippen molar-refractivity contribution in [2.24, 2.45) is 5.92 Å². The van der Waals surface area contributed by atoms with E-state index in [-0.39, 0.29) is 11.4 Å². The summed E-state index contributed by atoms with van der Waals surface area (Å²) >= 11 is 12.2. The summed E-state index contributed by atoms with van der Waals surface area (Å²) in [5.74, 6) is -2.22. The van der Waals surface area contributed by atoms with Gasteiger partial charge in [0.15, 0.2) is 0 Å². The van der Waals surface area contributed by atoms with Gasteiger partial charge in [-0.1, -0.05) is 84.7 Å². The summed E-state index contributed by atoms with van der Waals surface area (Å²) in [4.78, 5) is 42.4. The molecule has 8 heteroatoms. The Kier molecular flexibility index (Phi) is 7.03. The molecule has 4 amide bonds. The number of hydrogen-bond acceptors (Lipinski definition) is 4. The molecule has 4 rings (SSSR count). The van der Waals surface area contributed by atoms with E-state index in [0.717, 1.165) is 15.4 Å². The van der Waals surface area contributed by atoms with E-state index < -0.39 is 35.9 Å². The molecule has 1 fully saturated rings. The van der Waals surface area contributed by atoms with Crippen LogP contribution in [-0.2, 0) is 16.0 Å². The molecular weight excluding hydrogens is 475 g/mol. The zero-order valence-electron chi connectivity index (χ0n) is 18.3. The lowest BCUT2D eigenvalue weighted by Crippen LogP contribution is -2.45. The average Bonchev–Trinajstić information content (AvgIpc) is 3.08. The fourth-order valence-electron chi connectivity index (χ4n) is 4.04. The van der Waals surface area contributed by atoms with Gasteiger partial charge >= 0.3 is 6.03 Å². The fraction of sp³-hybridized carbons (Fsp3) is 0.192. The monoisotopic (exact) mass is 496 g/mol. The molecule has 174 valence electrons. The third kappa shape index (κ3) is 4.57. The van der Waals surface area contributed by atoms with Crippen molar-refractivity contribution < 1.29 is 19.5 Å². The summed E-state index contributed by atoms with van der Waals surface area (Å²) in [6.45, 7) is 1.50. The van der Waals surface area contributed by atoms with Crippen LogP contribution in [0.25, 0.3) is 0 Å². The number of amides is 4. The molecule has 1 aliphatic heterocycles. The summed E-state index contributed by atoms with van der Waals surface area (Å²) in [7, 11) is 0. The van der Waals surface area contributed by atoms with Crippen LogP contribution in [0.4, 0.5) is 10.5 Å². The first-order chi connectivity index (χ1) is 16.3. The number of carbonyl (C=O) groups is 3. The number of rotatable bonds is 6. The van der Waals surface area contributed by atoms with Gasteiger partial charge in [-0.3, -0.25) is 14.5 Å². The number of benzene rings is 3. The lowest BCUT2D eigenvalue weighted by atomic mass is 9.95. The summed E-state index contributed by atoms with van der Waals surface area (Å²) < 4.78 is 0. The number of para-hydroxylation sites is 1. The van der Waals surface area contributed by atoms with Crippen LogP contribution in [0.1, 0.15) is 24.2 Å². The van der Waals surface area contributed by atoms with E-state index in [1.54, 1.807) is 36.4 Å². The van der Waals surface area contributed by atoms with Crippen molar-refractivity contribution in [1.29, 1.82) is 0 Å². The number of nitrogens with zero attached hydrogens (tertiary/aromatic N) is 2. The van der Waals surface area contributed by atoms with Crippen molar-refractivity contribution in [3.63, 3.8) is 0 Å². The highest BCUT2D eigenvalue weighted by molar-refractivity contribution is 6.35. The van der Waals surface area contributed by atoms with E-state index in [2.05, 4.69) is 0 Å². The minimum Gasteiger partial charge on any atom is -0.388 e. The second-order valence-electron chi connectivity index (χ2n) is 8.10. The lowest BCUT2D eigenvalue weighted by molar-refractivity contribution is -0.139. The van der Waals surface area contributed by atoms with E-state index in [0.29, 0.717) is 16.3 Å². The molecular formula is C26H22Cl2N2O4. The molecule has 0 radical (unpaired) electrons. The highest BCUT2D eigenvalue weighted by atomic mass is 35.5. The van der Waals surface area contributed by atoms with Crippen molar-refractivity contribution in [1.82, 2.24) is 4.90 Å². The summed E-state index contributed by atoms with van der Waals surface area (Å²) in [5.41, 5.74) is 1.49. The lowest BCUT2D eigenvalue weighted by Gasteiger charge is -2.26. The molecule has 1 aliphatic rings. The molecule has 0 aromatic heterocycles. The van der Waals surface area contributed by atoms with Crippen molar-refractivity contribution in [2.45, 2.75) is 25.5 Å². The maximum Gasteiger partial charge on any atom is 0.338 e. The average molecular weight is 497 g/mol. The van der Waals surface area contributed by atoms with Gasteiger partial charge in [-0.2, -0.15) is 0 Å². The van der Waals surface area contributed by atoms with Gasteiger partial charge in [-0.25, -0.2) is 9.69 Å². The molecule has 3 aromatic rings. The number of urea groups is 1. The summed E-state index contributed by atoms with van der Waals surface area (Å²) in [6, 6.07) is 20.4. The number of hydrogen-bond donors (Lipinski definition) is 1. The normalized spacial score (nSPS) is 17.7. The molecule has 3 aromatic carbocycles. The van der Waals surface area contributed by atoms with E-state index in [4.69, 9.17) is 23.2 Å². The molecule has 0 bridgehead atoms. The molecule has 1 heterocycles. The summed E-state index contributed by atoms with van der Waals surface area (Å²) in [6.07, 6.45) is -1.14. The minimum atomic E-state index is -1.30. The van der Waals surface area contributed by atoms with Crippen molar-refractivity contribution >= 4 is 46.7 Å². The standard InChI is InChI=1S/C26H22Cl2N2O4/c1-16(23(31)20-13-12-18(27)15-21(20)28)24(32)30-22(14-17-8-4-2-5-9-17)25(33)29(26(30)34)19-10-6-3-7-11-19/h2-13,15-16,22-23,31H,14H2,1H3/t16-,22-,23-/m0/s1. The van der Waals surface area contributed by atoms with Crippen LogP contribution >= 0.6 is 23.2 Å². The van der Waals surface area contributed by atoms with Crippen LogP contribution in [0.15, 0.2) is 78.9 Å². The van der Waals surface area contributed by atoms with Crippen molar-refractivity contribution in [2.75, 3.05) is 4.90 Å². The first-order valence-corrected chi connectivity index (χ1v) is 11.5. The number of aliphatic hydroxyl groups excluding tert-OH is 1. The SMILES string of the molecule is C[C@H](C(=O)N1C(=O)N(c2ccccc2)C(=O)[C@@H]1Cc1ccccc1)[C@H](O)c1ccc(Cl)cc1Cl. The smallest absolute Gasteiger partial charge is 0.338 e. The van der Waals surface area contributed by atoms with Crippen LogP contribution in [-0.4, -0.2) is 33.9 Å². The first kappa shape index (κ1) is 24.0. The molecule has 0 saturated carbocycles. The molecule has 1 saturated heterocycles. The van der Waals surface area contributed by atoms with Crippen molar-refractivity contribution in [3.8, 4) is 0 Å². The highest BCUT2D eigenvalue weighted by Gasteiger charge is 2.50. The minimum absolute atomic E-state index is 0.158. The van der Waals surface area contributed by atoms with Gasteiger partial charge in [0.25, 0.3) is 5.91 Å². The van der Waals surface area contributed by atoms with E-state index in [1.165, 1.54) is 19.1 Å². The fourth-order valence-corrected chi connectivity index (χ4v) is 4.56. The Balaban J connectivity index is 1.68. The first-order valence-electron chi connectivity index (χ1n) is 10.7. The molecule has 6 nitrogen and oxygen atoms in total. The number of halogens is 2. The third-order valence-corrected chi connectivity index (χ3v) is 6.44. The molecule has 1 N–H and O–H groups in total. The van der Waals surface area contributed by atoms with Gasteiger partial charge in [0, 0.05) is 16.5 Å². The van der Waals surface area contributed by atoms with Gasteiger partial charge in [-0.15, -0.1) is 0 Å². The van der Waals surface area contributed by atoms with Gasteiger partial charge in [0.1, 0.15) is 6.04 Å². The Morgan fingerprint density at radius 1 is 0.971 bits per heavy atom. The third-order valence-electron chi connectivity index (χ3n) is 5.88. The van der Waals surface area contributed by atoms with Crippen LogP contribution in [0.2, 0.25) is 10.0 Å². The highest BCUT2D eigenvalue weighted by Crippen LogP contribution is 2.34. The van der Waals surface area contributed by atoms with Gasteiger partial charge in [0.2, 0.25) is 5.91 Å². The van der Waals surface area contributed by atoms with E-state index >= 15 is 0 Å². The van der Waals surface area contributed by atoms with Gasteiger partial charge < -0.3 is 5.11 Å². The van der Waals surface area contributed by atoms with E-state index in [1.807, 2.05) is 30.3 Å². The molecule has 0 unspecified atom stereocenters. The van der Waals surface area contributed by atoms with E-state index in [9.17, 15) is 19.5 Å². The van der Waals surface area contributed by atoms with Gasteiger partial charge in [-0.05, 0) is 35.4 Å². The predicted molar refractivity (Wildman–Crippen MR) is 131 cm³/mol. The Hall–Kier alpha value is -3.19. The molecule has 0 spiro atoms. The van der Waals surface area contributed by atoms with Crippen LogP contribution in [0.5, 0.6) is 0 Å². The largest absolute Gasteiger partial charge is 0.388 e. The molecule has 3 atom stereocenters. The number of aliphatic hydroxyl groups is 1. The van der Waals surface area contributed by atoms with Crippen LogP contribution in [0, 0.1) is 5.92 Å². The Morgan fingerprint density at radius 2 is 1.59 bits per heavy atom. The quantitative estimate of drug-likeness (QED) is 0.471. The second kappa shape index (κ2) is 9.97. The van der Waals surface area contributed by atoms with Crippen LogP contribution < -0.4 is 4.90 Å². The number of imide groups is 2. The Labute approximate surface area is 207 Å². The topological polar surface area (TPSA) is 77.9 Å². The zero-order chi connectivity index (χ0) is 24.4.